The smallest absolute Gasteiger partial charge is 0.102 e. The van der Waals surface area contributed by atoms with Crippen LogP contribution < -0.4 is 5.73 Å². The van der Waals surface area contributed by atoms with Crippen LogP contribution in [0.4, 0.5) is 5.69 Å². The highest BCUT2D eigenvalue weighted by atomic mass is 14.6. The predicted molar refractivity (Wildman–Crippen MR) is 34.4 cm³/mol. The van der Waals surface area contributed by atoms with E-state index in [9.17, 15) is 0 Å². The van der Waals surface area contributed by atoms with E-state index in [0.29, 0.717) is 11.3 Å². The van der Waals surface area contributed by atoms with Crippen molar-refractivity contribution in [3.63, 3.8) is 0 Å². The Balaban J connectivity index is 3.20. The SMILES string of the molecule is N#Cc1[c]cccc1N. The Morgan fingerprint density at radius 3 is 2.89 bits per heavy atom. The molecule has 0 aliphatic heterocycles. The number of nitrogens with zero attached hydrogens (tertiary/aromatic N) is 1. The predicted octanol–water partition coefficient (Wildman–Crippen LogP) is 0.941. The fourth-order valence-corrected chi connectivity index (χ4v) is 0.547. The Morgan fingerprint density at radius 2 is 2.44 bits per heavy atom. The second-order valence-electron chi connectivity index (χ2n) is 1.61. The van der Waals surface area contributed by atoms with Crippen molar-refractivity contribution in [3.8, 4) is 6.07 Å². The van der Waals surface area contributed by atoms with Crippen LogP contribution in [0.1, 0.15) is 5.56 Å². The van der Waals surface area contributed by atoms with Gasteiger partial charge in [0.1, 0.15) is 6.07 Å². The Labute approximate surface area is 53.5 Å². The zero-order valence-corrected chi connectivity index (χ0v) is 4.76. The standard InChI is InChI=1S/C7H5N2/c8-5-6-3-1-2-4-7(6)9/h1-2,4H,9H2. The highest BCUT2D eigenvalue weighted by molar-refractivity contribution is 5.52. The number of benzene rings is 1. The van der Waals surface area contributed by atoms with Crippen LogP contribution in [0.3, 0.4) is 0 Å². The zero-order chi connectivity index (χ0) is 6.69. The largest absolute Gasteiger partial charge is 0.398 e. The van der Waals surface area contributed by atoms with Crippen LogP contribution in [-0.4, -0.2) is 0 Å². The van der Waals surface area contributed by atoms with Crippen molar-refractivity contribution in [3.05, 3.63) is 29.8 Å². The minimum absolute atomic E-state index is 0.414. The number of anilines is 1. The zero-order valence-electron chi connectivity index (χ0n) is 4.76. The minimum atomic E-state index is 0.414. The summed E-state index contributed by atoms with van der Waals surface area (Å²) in [4.78, 5) is 0. The third-order valence-corrected chi connectivity index (χ3v) is 1.00. The molecule has 0 bridgehead atoms. The molecule has 0 saturated heterocycles. The molecule has 2 N–H and O–H groups in total. The second-order valence-corrected chi connectivity index (χ2v) is 1.61. The Morgan fingerprint density at radius 1 is 1.67 bits per heavy atom. The molecule has 1 rings (SSSR count). The molecule has 0 amide bonds. The topological polar surface area (TPSA) is 49.8 Å². The van der Waals surface area contributed by atoms with Crippen molar-refractivity contribution >= 4 is 5.69 Å². The molecular weight excluding hydrogens is 112 g/mol. The molecule has 1 radical (unpaired) electrons. The molecule has 0 unspecified atom stereocenters. The van der Waals surface area contributed by atoms with Crippen LogP contribution in [0, 0.1) is 17.4 Å². The summed E-state index contributed by atoms with van der Waals surface area (Å²) in [5.74, 6) is 0. The van der Waals surface area contributed by atoms with E-state index in [0.717, 1.165) is 0 Å². The van der Waals surface area contributed by atoms with Crippen LogP contribution in [-0.2, 0) is 0 Å². The van der Waals surface area contributed by atoms with E-state index in [-0.39, 0.29) is 0 Å². The quantitative estimate of drug-likeness (QED) is 0.514. The maximum Gasteiger partial charge on any atom is 0.102 e. The van der Waals surface area contributed by atoms with Gasteiger partial charge >= 0.3 is 0 Å². The van der Waals surface area contributed by atoms with E-state index >= 15 is 0 Å². The molecule has 1 aromatic rings. The van der Waals surface area contributed by atoms with Gasteiger partial charge in [-0.05, 0) is 6.07 Å². The third-order valence-electron chi connectivity index (χ3n) is 1.00. The van der Waals surface area contributed by atoms with E-state index in [4.69, 9.17) is 11.0 Å². The first-order valence-electron chi connectivity index (χ1n) is 2.51. The number of hydrogen-bond donors (Lipinski definition) is 1. The molecule has 9 heavy (non-hydrogen) atoms. The van der Waals surface area contributed by atoms with E-state index in [1.54, 1.807) is 18.2 Å². The van der Waals surface area contributed by atoms with Gasteiger partial charge in [0.2, 0.25) is 0 Å². The fraction of sp³-hybridized carbons (Fsp3) is 0. The van der Waals surface area contributed by atoms with Crippen molar-refractivity contribution in [1.82, 2.24) is 0 Å². The molecule has 0 fully saturated rings. The first kappa shape index (κ1) is 5.64. The third kappa shape index (κ3) is 1.000. The summed E-state index contributed by atoms with van der Waals surface area (Å²) >= 11 is 0. The van der Waals surface area contributed by atoms with Gasteiger partial charge in [-0.1, -0.05) is 12.1 Å². The van der Waals surface area contributed by atoms with E-state index in [1.165, 1.54) is 0 Å². The molecule has 0 heterocycles. The van der Waals surface area contributed by atoms with Gasteiger partial charge in [0.15, 0.2) is 0 Å². The summed E-state index contributed by atoms with van der Waals surface area (Å²) in [6, 6.07) is 9.70. The number of rotatable bonds is 0. The van der Waals surface area contributed by atoms with Gasteiger partial charge in [-0.2, -0.15) is 5.26 Å². The summed E-state index contributed by atoms with van der Waals surface area (Å²) in [6.45, 7) is 0. The second kappa shape index (κ2) is 2.19. The van der Waals surface area contributed by atoms with Gasteiger partial charge in [0, 0.05) is 6.07 Å². The van der Waals surface area contributed by atoms with Crippen LogP contribution >= 0.6 is 0 Å². The molecule has 2 nitrogen and oxygen atoms in total. The van der Waals surface area contributed by atoms with E-state index in [1.807, 2.05) is 6.07 Å². The van der Waals surface area contributed by atoms with Gasteiger partial charge < -0.3 is 5.73 Å². The van der Waals surface area contributed by atoms with E-state index < -0.39 is 0 Å². The Hall–Kier alpha value is -1.49. The highest BCUT2D eigenvalue weighted by Crippen LogP contribution is 2.06. The molecule has 0 saturated carbocycles. The maximum atomic E-state index is 8.36. The Bertz CT molecular complexity index is 247. The fourth-order valence-electron chi connectivity index (χ4n) is 0.547. The first-order chi connectivity index (χ1) is 4.34. The lowest BCUT2D eigenvalue weighted by atomic mass is 10.2. The molecule has 0 spiro atoms. The summed E-state index contributed by atoms with van der Waals surface area (Å²) in [6.07, 6.45) is 0. The van der Waals surface area contributed by atoms with Gasteiger partial charge in [-0.25, -0.2) is 0 Å². The van der Waals surface area contributed by atoms with Gasteiger partial charge in [-0.15, -0.1) is 0 Å². The van der Waals surface area contributed by atoms with Crippen LogP contribution in [0.2, 0.25) is 0 Å². The van der Waals surface area contributed by atoms with Crippen molar-refractivity contribution in [2.24, 2.45) is 0 Å². The van der Waals surface area contributed by atoms with E-state index in [2.05, 4.69) is 6.07 Å². The van der Waals surface area contributed by atoms with Crippen molar-refractivity contribution in [2.45, 2.75) is 0 Å². The number of nitrogen functional groups attached to an aromatic ring is 1. The molecule has 0 atom stereocenters. The number of hydrogen-bond acceptors (Lipinski definition) is 2. The molecule has 2 heteroatoms. The van der Waals surface area contributed by atoms with Crippen LogP contribution in [0.25, 0.3) is 0 Å². The summed E-state index contributed by atoms with van der Waals surface area (Å²) in [5, 5.41) is 8.36. The summed E-state index contributed by atoms with van der Waals surface area (Å²) in [7, 11) is 0. The summed E-state index contributed by atoms with van der Waals surface area (Å²) in [5.41, 5.74) is 6.28. The molecule has 0 aliphatic carbocycles. The summed E-state index contributed by atoms with van der Waals surface area (Å²) < 4.78 is 0. The Kier molecular flexibility index (Phi) is 1.37. The normalized spacial score (nSPS) is 8.33. The average molecular weight is 117 g/mol. The van der Waals surface area contributed by atoms with Crippen LogP contribution in [0.5, 0.6) is 0 Å². The maximum absolute atomic E-state index is 8.36. The lowest BCUT2D eigenvalue weighted by Crippen LogP contribution is -1.87. The van der Waals surface area contributed by atoms with Gasteiger partial charge in [0.05, 0.1) is 11.3 Å². The molecule has 43 valence electrons. The monoisotopic (exact) mass is 117 g/mol. The lowest BCUT2D eigenvalue weighted by molar-refractivity contribution is 1.48. The van der Waals surface area contributed by atoms with Crippen molar-refractivity contribution in [1.29, 1.82) is 5.26 Å². The first-order valence-corrected chi connectivity index (χ1v) is 2.51. The molecule has 0 aliphatic rings. The average Bonchev–Trinajstić information content (AvgIpc) is 1.89. The molecule has 0 aromatic heterocycles. The number of nitrogens with two attached hydrogens (primary N) is 1. The van der Waals surface area contributed by atoms with Gasteiger partial charge in [0.25, 0.3) is 0 Å². The molecule has 1 aromatic carbocycles. The minimum Gasteiger partial charge on any atom is -0.398 e. The lowest BCUT2D eigenvalue weighted by Gasteiger charge is -1.90. The van der Waals surface area contributed by atoms with Gasteiger partial charge in [-0.3, -0.25) is 0 Å². The van der Waals surface area contributed by atoms with Crippen LogP contribution in [0.15, 0.2) is 18.2 Å². The van der Waals surface area contributed by atoms with Crippen molar-refractivity contribution < 1.29 is 0 Å². The molecular formula is C7H5N2. The van der Waals surface area contributed by atoms with Crippen molar-refractivity contribution in [2.75, 3.05) is 5.73 Å². The number of nitriles is 1. The highest BCUT2D eigenvalue weighted by Gasteiger charge is 1.91.